The maximum absolute atomic E-state index is 13.6. The fraction of sp³-hybridized carbons (Fsp3) is 0.188. The molecule has 0 radical (unpaired) electrons. The van der Waals surface area contributed by atoms with Crippen LogP contribution in [0.15, 0.2) is 42.5 Å². The van der Waals surface area contributed by atoms with Crippen molar-refractivity contribution in [1.82, 2.24) is 5.32 Å². The number of carbonyl (C=O) groups excluding carboxylic acids is 1. The lowest BCUT2D eigenvalue weighted by Crippen LogP contribution is -2.15. The van der Waals surface area contributed by atoms with E-state index in [2.05, 4.69) is 10.6 Å². The Hall–Kier alpha value is -2.27. The summed E-state index contributed by atoms with van der Waals surface area (Å²) in [4.78, 5) is 12.0. The number of halogens is 2. The van der Waals surface area contributed by atoms with E-state index in [1.807, 2.05) is 13.0 Å². The Morgan fingerprint density at radius 3 is 2.67 bits per heavy atom. The number of hydrogen-bond acceptors (Lipinski definition) is 2. The molecule has 0 aliphatic heterocycles. The molecule has 3 nitrogen and oxygen atoms in total. The van der Waals surface area contributed by atoms with Gasteiger partial charge >= 0.3 is 0 Å². The molecular weight excluding hydrogens is 274 g/mol. The Balaban J connectivity index is 2.14. The quantitative estimate of drug-likeness (QED) is 0.887. The molecule has 5 heteroatoms. The molecule has 2 rings (SSSR count). The minimum atomic E-state index is -1.14. The van der Waals surface area contributed by atoms with Crippen LogP contribution in [0.4, 0.5) is 14.5 Å². The van der Waals surface area contributed by atoms with Crippen molar-refractivity contribution in [2.45, 2.75) is 13.5 Å². The lowest BCUT2D eigenvalue weighted by atomic mass is 10.1. The molecule has 0 heterocycles. The summed E-state index contributed by atoms with van der Waals surface area (Å²) in [5.41, 5.74) is 1.22. The highest BCUT2D eigenvalue weighted by Crippen LogP contribution is 2.15. The molecule has 2 aromatic carbocycles. The van der Waals surface area contributed by atoms with Gasteiger partial charge in [0.05, 0.1) is 5.56 Å². The average Bonchev–Trinajstić information content (AvgIpc) is 2.48. The summed E-state index contributed by atoms with van der Waals surface area (Å²) in [6.07, 6.45) is 0. The number of amides is 1. The second-order valence-electron chi connectivity index (χ2n) is 4.54. The maximum Gasteiger partial charge on any atom is 0.258 e. The number of carbonyl (C=O) groups is 1. The summed E-state index contributed by atoms with van der Waals surface area (Å²) < 4.78 is 26.7. The van der Waals surface area contributed by atoms with Gasteiger partial charge in [-0.2, -0.15) is 0 Å². The smallest absolute Gasteiger partial charge is 0.258 e. The molecule has 0 bridgehead atoms. The van der Waals surface area contributed by atoms with Crippen molar-refractivity contribution in [2.24, 2.45) is 0 Å². The third-order valence-electron chi connectivity index (χ3n) is 2.96. The van der Waals surface area contributed by atoms with Gasteiger partial charge in [-0.15, -0.1) is 0 Å². The monoisotopic (exact) mass is 290 g/mol. The van der Waals surface area contributed by atoms with Crippen molar-refractivity contribution in [3.8, 4) is 0 Å². The molecule has 0 unspecified atom stereocenters. The molecular formula is C16H16F2N2O. The van der Waals surface area contributed by atoms with Gasteiger partial charge in [0, 0.05) is 12.2 Å². The van der Waals surface area contributed by atoms with Crippen LogP contribution in [0.2, 0.25) is 0 Å². The molecule has 2 N–H and O–H groups in total. The topological polar surface area (TPSA) is 41.1 Å². The van der Waals surface area contributed by atoms with E-state index in [1.165, 1.54) is 12.1 Å². The average molecular weight is 290 g/mol. The zero-order chi connectivity index (χ0) is 15.2. The van der Waals surface area contributed by atoms with Gasteiger partial charge < -0.3 is 10.6 Å². The van der Waals surface area contributed by atoms with Gasteiger partial charge in [0.2, 0.25) is 0 Å². The fourth-order valence-corrected chi connectivity index (χ4v) is 1.91. The maximum atomic E-state index is 13.6. The number of benzene rings is 2. The first-order valence-corrected chi connectivity index (χ1v) is 6.67. The van der Waals surface area contributed by atoms with E-state index in [4.69, 9.17) is 0 Å². The number of hydrogen-bond donors (Lipinski definition) is 2. The highest BCUT2D eigenvalue weighted by molar-refractivity contribution is 6.04. The molecule has 2 aromatic rings. The third-order valence-corrected chi connectivity index (χ3v) is 2.96. The van der Waals surface area contributed by atoms with Crippen molar-refractivity contribution in [1.29, 1.82) is 0 Å². The van der Waals surface area contributed by atoms with E-state index >= 15 is 0 Å². The van der Waals surface area contributed by atoms with Gasteiger partial charge in [0.15, 0.2) is 11.6 Å². The molecule has 0 fully saturated rings. The second-order valence-corrected chi connectivity index (χ2v) is 4.54. The lowest BCUT2D eigenvalue weighted by Gasteiger charge is -2.08. The van der Waals surface area contributed by atoms with E-state index in [9.17, 15) is 13.6 Å². The van der Waals surface area contributed by atoms with Crippen LogP contribution in [0.25, 0.3) is 0 Å². The first-order valence-electron chi connectivity index (χ1n) is 6.67. The molecule has 0 saturated heterocycles. The van der Waals surface area contributed by atoms with Crippen LogP contribution < -0.4 is 10.6 Å². The highest BCUT2D eigenvalue weighted by atomic mass is 19.2. The molecule has 0 aliphatic rings. The third kappa shape index (κ3) is 3.86. The van der Waals surface area contributed by atoms with E-state index in [0.29, 0.717) is 12.2 Å². The van der Waals surface area contributed by atoms with Gasteiger partial charge in [-0.1, -0.05) is 25.1 Å². The SMILES string of the molecule is CCNCc1cccc(NC(=O)c2cccc(F)c2F)c1. The Morgan fingerprint density at radius 1 is 1.14 bits per heavy atom. The van der Waals surface area contributed by atoms with Crippen molar-refractivity contribution in [3.05, 3.63) is 65.2 Å². The van der Waals surface area contributed by atoms with Gasteiger partial charge in [-0.25, -0.2) is 8.78 Å². The van der Waals surface area contributed by atoms with Crippen LogP contribution in [0.5, 0.6) is 0 Å². The molecule has 0 aromatic heterocycles. The molecule has 0 spiro atoms. The Kier molecular flexibility index (Phi) is 5.00. The van der Waals surface area contributed by atoms with Crippen molar-refractivity contribution in [3.63, 3.8) is 0 Å². The van der Waals surface area contributed by atoms with Crippen molar-refractivity contribution < 1.29 is 13.6 Å². The zero-order valence-electron chi connectivity index (χ0n) is 11.6. The van der Waals surface area contributed by atoms with E-state index < -0.39 is 17.5 Å². The minimum absolute atomic E-state index is 0.313. The molecule has 0 aliphatic carbocycles. The van der Waals surface area contributed by atoms with Crippen LogP contribution in [0.3, 0.4) is 0 Å². The first-order chi connectivity index (χ1) is 10.1. The Bertz CT molecular complexity index is 644. The van der Waals surface area contributed by atoms with Crippen molar-refractivity contribution in [2.75, 3.05) is 11.9 Å². The fourth-order valence-electron chi connectivity index (χ4n) is 1.91. The van der Waals surface area contributed by atoms with Crippen LogP contribution in [-0.2, 0) is 6.54 Å². The van der Waals surface area contributed by atoms with Gasteiger partial charge in [-0.3, -0.25) is 4.79 Å². The van der Waals surface area contributed by atoms with Crippen LogP contribution in [0.1, 0.15) is 22.8 Å². The summed E-state index contributed by atoms with van der Waals surface area (Å²) in [6.45, 7) is 3.51. The number of anilines is 1. The van der Waals surface area contributed by atoms with E-state index in [0.717, 1.165) is 18.2 Å². The lowest BCUT2D eigenvalue weighted by molar-refractivity contribution is 0.102. The highest BCUT2D eigenvalue weighted by Gasteiger charge is 2.15. The first kappa shape index (κ1) is 15.1. The van der Waals surface area contributed by atoms with Gasteiger partial charge in [0.1, 0.15) is 0 Å². The Labute approximate surface area is 122 Å². The van der Waals surface area contributed by atoms with Crippen molar-refractivity contribution >= 4 is 11.6 Å². The summed E-state index contributed by atoms with van der Waals surface area (Å²) in [6, 6.07) is 10.7. The molecule has 21 heavy (non-hydrogen) atoms. The van der Waals surface area contributed by atoms with Crippen LogP contribution in [0, 0.1) is 11.6 Å². The minimum Gasteiger partial charge on any atom is -0.322 e. The summed E-state index contributed by atoms with van der Waals surface area (Å²) in [7, 11) is 0. The molecule has 1 amide bonds. The standard InChI is InChI=1S/C16H16F2N2O/c1-2-19-10-11-5-3-6-12(9-11)20-16(21)13-7-4-8-14(17)15(13)18/h3-9,19H,2,10H2,1H3,(H,20,21). The largest absolute Gasteiger partial charge is 0.322 e. The number of rotatable bonds is 5. The van der Waals surface area contributed by atoms with E-state index in [1.54, 1.807) is 18.2 Å². The normalized spacial score (nSPS) is 10.4. The summed E-state index contributed by atoms with van der Waals surface area (Å²) in [5.74, 6) is -2.85. The predicted octanol–water partition coefficient (Wildman–Crippen LogP) is 3.33. The second kappa shape index (κ2) is 6.95. The summed E-state index contributed by atoms with van der Waals surface area (Å²) >= 11 is 0. The van der Waals surface area contributed by atoms with E-state index in [-0.39, 0.29) is 5.56 Å². The molecule has 110 valence electrons. The summed E-state index contributed by atoms with van der Waals surface area (Å²) in [5, 5.41) is 5.74. The van der Waals surface area contributed by atoms with Crippen LogP contribution in [-0.4, -0.2) is 12.5 Å². The van der Waals surface area contributed by atoms with Gasteiger partial charge in [0.25, 0.3) is 5.91 Å². The number of nitrogens with one attached hydrogen (secondary N) is 2. The van der Waals surface area contributed by atoms with Crippen LogP contribution >= 0.6 is 0 Å². The predicted molar refractivity (Wildman–Crippen MR) is 78.1 cm³/mol. The zero-order valence-corrected chi connectivity index (χ0v) is 11.6. The molecule has 0 saturated carbocycles. The molecule has 0 atom stereocenters. The Morgan fingerprint density at radius 2 is 1.90 bits per heavy atom. The van der Waals surface area contributed by atoms with Gasteiger partial charge in [-0.05, 0) is 36.4 Å².